The molecule has 0 aliphatic carbocycles. The number of hydrogen-bond donors (Lipinski definition) is 2. The SMILES string of the molecule is Nc1n[nH]c(-c2cc(Cl)cc(Br)c2)c1F. The molecule has 1 heterocycles. The molecule has 0 saturated carbocycles. The fourth-order valence-electron chi connectivity index (χ4n) is 1.23. The third-order valence-electron chi connectivity index (χ3n) is 1.88. The highest BCUT2D eigenvalue weighted by molar-refractivity contribution is 9.10. The van der Waals surface area contributed by atoms with Gasteiger partial charge in [0.05, 0.1) is 0 Å². The van der Waals surface area contributed by atoms with Crippen molar-refractivity contribution in [1.29, 1.82) is 0 Å². The van der Waals surface area contributed by atoms with E-state index in [0.717, 1.165) is 4.47 Å². The summed E-state index contributed by atoms with van der Waals surface area (Å²) in [4.78, 5) is 0. The number of nitrogen functional groups attached to an aromatic ring is 1. The first-order valence-corrected chi connectivity index (χ1v) is 5.21. The van der Waals surface area contributed by atoms with Crippen LogP contribution in [-0.2, 0) is 0 Å². The van der Waals surface area contributed by atoms with Crippen LogP contribution in [-0.4, -0.2) is 10.2 Å². The van der Waals surface area contributed by atoms with Gasteiger partial charge in [0, 0.05) is 15.1 Å². The third kappa shape index (κ3) is 1.98. The summed E-state index contributed by atoms with van der Waals surface area (Å²) in [6, 6.07) is 5.06. The van der Waals surface area contributed by atoms with Gasteiger partial charge in [-0.1, -0.05) is 27.5 Å². The molecule has 0 aliphatic rings. The van der Waals surface area contributed by atoms with Crippen LogP contribution in [0.2, 0.25) is 5.02 Å². The Morgan fingerprint density at radius 3 is 2.67 bits per heavy atom. The van der Waals surface area contributed by atoms with Crippen molar-refractivity contribution in [2.45, 2.75) is 0 Å². The highest BCUT2D eigenvalue weighted by Gasteiger charge is 2.12. The summed E-state index contributed by atoms with van der Waals surface area (Å²) in [6.45, 7) is 0. The van der Waals surface area contributed by atoms with E-state index < -0.39 is 5.82 Å². The smallest absolute Gasteiger partial charge is 0.192 e. The van der Waals surface area contributed by atoms with E-state index in [4.69, 9.17) is 17.3 Å². The van der Waals surface area contributed by atoms with E-state index in [1.54, 1.807) is 18.2 Å². The summed E-state index contributed by atoms with van der Waals surface area (Å²) in [5, 5.41) is 6.59. The molecule has 0 fully saturated rings. The number of anilines is 1. The number of nitrogens with one attached hydrogen (secondary N) is 1. The quantitative estimate of drug-likeness (QED) is 0.847. The van der Waals surface area contributed by atoms with Gasteiger partial charge in [0.15, 0.2) is 11.6 Å². The lowest BCUT2D eigenvalue weighted by molar-refractivity contribution is 0.636. The Hall–Kier alpha value is -1.07. The Morgan fingerprint density at radius 1 is 1.40 bits per heavy atom. The van der Waals surface area contributed by atoms with Crippen LogP contribution in [0.1, 0.15) is 0 Å². The molecule has 78 valence electrons. The Balaban J connectivity index is 2.58. The molecule has 0 radical (unpaired) electrons. The van der Waals surface area contributed by atoms with Gasteiger partial charge in [-0.15, -0.1) is 0 Å². The Bertz CT molecular complexity index is 492. The molecule has 3 N–H and O–H groups in total. The van der Waals surface area contributed by atoms with E-state index in [1.807, 2.05) is 0 Å². The van der Waals surface area contributed by atoms with E-state index in [0.29, 0.717) is 10.6 Å². The van der Waals surface area contributed by atoms with Crippen molar-refractivity contribution in [3.05, 3.63) is 33.5 Å². The van der Waals surface area contributed by atoms with Crippen LogP contribution in [0, 0.1) is 5.82 Å². The molecule has 0 saturated heterocycles. The average molecular weight is 291 g/mol. The lowest BCUT2D eigenvalue weighted by Gasteiger charge is -2.00. The van der Waals surface area contributed by atoms with Crippen LogP contribution in [0.5, 0.6) is 0 Å². The van der Waals surface area contributed by atoms with E-state index in [2.05, 4.69) is 26.1 Å². The van der Waals surface area contributed by atoms with Crippen molar-refractivity contribution in [2.24, 2.45) is 0 Å². The van der Waals surface area contributed by atoms with Crippen LogP contribution < -0.4 is 5.73 Å². The van der Waals surface area contributed by atoms with E-state index >= 15 is 0 Å². The highest BCUT2D eigenvalue weighted by Crippen LogP contribution is 2.29. The summed E-state index contributed by atoms with van der Waals surface area (Å²) in [5.41, 5.74) is 6.12. The Morgan fingerprint density at radius 2 is 2.13 bits per heavy atom. The second-order valence-electron chi connectivity index (χ2n) is 2.96. The van der Waals surface area contributed by atoms with Gasteiger partial charge in [-0.25, -0.2) is 4.39 Å². The van der Waals surface area contributed by atoms with Crippen LogP contribution in [0.4, 0.5) is 10.2 Å². The van der Waals surface area contributed by atoms with Gasteiger partial charge in [-0.2, -0.15) is 5.10 Å². The van der Waals surface area contributed by atoms with Gasteiger partial charge in [-0.3, -0.25) is 5.10 Å². The lowest BCUT2D eigenvalue weighted by atomic mass is 10.1. The largest absolute Gasteiger partial charge is 0.380 e. The molecule has 6 heteroatoms. The zero-order valence-corrected chi connectivity index (χ0v) is 9.73. The van der Waals surface area contributed by atoms with Gasteiger partial charge in [-0.05, 0) is 18.2 Å². The molecule has 0 unspecified atom stereocenters. The molecule has 0 spiro atoms. The van der Waals surface area contributed by atoms with Crippen molar-refractivity contribution < 1.29 is 4.39 Å². The summed E-state index contributed by atoms with van der Waals surface area (Å²) in [7, 11) is 0. The molecule has 0 atom stereocenters. The van der Waals surface area contributed by atoms with Crippen molar-refractivity contribution >= 4 is 33.3 Å². The summed E-state index contributed by atoms with van der Waals surface area (Å²) in [6.07, 6.45) is 0. The van der Waals surface area contributed by atoms with Gasteiger partial charge >= 0.3 is 0 Å². The van der Waals surface area contributed by atoms with Crippen molar-refractivity contribution in [3.63, 3.8) is 0 Å². The molecule has 2 rings (SSSR count). The summed E-state index contributed by atoms with van der Waals surface area (Å²) in [5.74, 6) is -0.717. The number of nitrogens with two attached hydrogens (primary N) is 1. The molecular formula is C9H6BrClFN3. The van der Waals surface area contributed by atoms with Crippen LogP contribution in [0.3, 0.4) is 0 Å². The first kappa shape index (κ1) is 10.4. The normalized spacial score (nSPS) is 10.6. The van der Waals surface area contributed by atoms with Crippen LogP contribution in [0.25, 0.3) is 11.3 Å². The molecule has 2 aromatic rings. The molecular weight excluding hydrogens is 284 g/mol. The number of benzene rings is 1. The Labute approximate surface area is 98.6 Å². The molecule has 0 aliphatic heterocycles. The maximum atomic E-state index is 13.4. The van der Waals surface area contributed by atoms with Crippen LogP contribution >= 0.6 is 27.5 Å². The molecule has 3 nitrogen and oxygen atoms in total. The molecule has 1 aromatic heterocycles. The number of hydrogen-bond acceptors (Lipinski definition) is 2. The molecule has 0 amide bonds. The van der Waals surface area contributed by atoms with Gasteiger partial charge < -0.3 is 5.73 Å². The minimum atomic E-state index is -0.566. The number of aromatic amines is 1. The molecule has 0 bridgehead atoms. The van der Waals surface area contributed by atoms with Crippen molar-refractivity contribution in [2.75, 3.05) is 5.73 Å². The highest BCUT2D eigenvalue weighted by atomic mass is 79.9. The fourth-order valence-corrected chi connectivity index (χ4v) is 2.09. The monoisotopic (exact) mass is 289 g/mol. The maximum absolute atomic E-state index is 13.4. The second-order valence-corrected chi connectivity index (χ2v) is 4.31. The first-order chi connectivity index (χ1) is 7.08. The van der Waals surface area contributed by atoms with E-state index in [9.17, 15) is 4.39 Å². The first-order valence-electron chi connectivity index (χ1n) is 4.03. The van der Waals surface area contributed by atoms with E-state index in [1.165, 1.54) is 0 Å². The summed E-state index contributed by atoms with van der Waals surface area (Å²) >= 11 is 9.11. The average Bonchev–Trinajstić information content (AvgIpc) is 2.46. The zero-order valence-electron chi connectivity index (χ0n) is 7.39. The van der Waals surface area contributed by atoms with Gasteiger partial charge in [0.25, 0.3) is 0 Å². The fraction of sp³-hybridized carbons (Fsp3) is 0. The topological polar surface area (TPSA) is 54.7 Å². The molecule has 15 heavy (non-hydrogen) atoms. The number of rotatable bonds is 1. The van der Waals surface area contributed by atoms with Gasteiger partial charge in [0.1, 0.15) is 5.69 Å². The van der Waals surface area contributed by atoms with Crippen LogP contribution in [0.15, 0.2) is 22.7 Å². The standard InChI is InChI=1S/C9H6BrClFN3/c10-5-1-4(2-6(11)3-5)8-7(12)9(13)15-14-8/h1-3H,(H3,13,14,15). The third-order valence-corrected chi connectivity index (χ3v) is 2.56. The predicted molar refractivity (Wildman–Crippen MR) is 61.1 cm³/mol. The number of halogens is 3. The predicted octanol–water partition coefficient (Wildman–Crippen LogP) is 3.21. The van der Waals surface area contributed by atoms with E-state index in [-0.39, 0.29) is 11.5 Å². The van der Waals surface area contributed by atoms with Crippen molar-refractivity contribution in [3.8, 4) is 11.3 Å². The lowest BCUT2D eigenvalue weighted by Crippen LogP contribution is -1.87. The number of aromatic nitrogens is 2. The number of H-pyrrole nitrogens is 1. The maximum Gasteiger partial charge on any atom is 0.192 e. The minimum Gasteiger partial charge on any atom is -0.380 e. The second kappa shape index (κ2) is 3.83. The van der Waals surface area contributed by atoms with Crippen molar-refractivity contribution in [1.82, 2.24) is 10.2 Å². The summed E-state index contributed by atoms with van der Waals surface area (Å²) < 4.78 is 14.2. The minimum absolute atomic E-state index is 0.152. The van der Waals surface area contributed by atoms with Gasteiger partial charge in [0.2, 0.25) is 0 Å². The Kier molecular flexibility index (Phi) is 2.67. The number of nitrogens with zero attached hydrogens (tertiary/aromatic N) is 1. The molecule has 1 aromatic carbocycles. The zero-order chi connectivity index (χ0) is 11.0.